The molecule has 4 atom stereocenters. The first kappa shape index (κ1) is 21.1. The van der Waals surface area contributed by atoms with Crippen molar-refractivity contribution in [2.24, 2.45) is 11.8 Å². The number of fused-ring (bicyclic) bond motifs is 5. The maximum atomic E-state index is 13.9. The van der Waals surface area contributed by atoms with Crippen LogP contribution in [0.2, 0.25) is 10.0 Å². The van der Waals surface area contributed by atoms with Gasteiger partial charge in [0.05, 0.1) is 23.6 Å². The van der Waals surface area contributed by atoms with Crippen LogP contribution in [0.15, 0.2) is 78.9 Å². The largest absolute Gasteiger partial charge is 0.352 e. The van der Waals surface area contributed by atoms with Gasteiger partial charge in [0.1, 0.15) is 6.04 Å². The molecule has 6 rings (SSSR count). The first-order chi connectivity index (χ1) is 16.5. The van der Waals surface area contributed by atoms with Crippen molar-refractivity contribution in [2.45, 2.75) is 12.1 Å². The van der Waals surface area contributed by atoms with Crippen molar-refractivity contribution in [2.75, 3.05) is 9.80 Å². The van der Waals surface area contributed by atoms with E-state index in [0.717, 1.165) is 16.2 Å². The van der Waals surface area contributed by atoms with Crippen LogP contribution in [0.3, 0.4) is 0 Å². The molecule has 0 bridgehead atoms. The molecule has 0 saturated carbocycles. The first-order valence-electron chi connectivity index (χ1n) is 10.9. The highest BCUT2D eigenvalue weighted by Gasteiger charge is 2.64. The standard InChI is InChI=1S/C27H18Cl2N2O3/c28-17-12-18(29)14-19(13-17)30-26(33)22-21-11-10-15-6-4-5-9-20(15)31(21)24(23(22)27(30)34)25(32)16-7-2-1-3-8-16/h1-14,21-24H/t21-,22-,23-,24+/m1/s1. The predicted molar refractivity (Wildman–Crippen MR) is 132 cm³/mol. The number of para-hydroxylation sites is 1. The van der Waals surface area contributed by atoms with E-state index in [2.05, 4.69) is 0 Å². The monoisotopic (exact) mass is 488 g/mol. The van der Waals surface area contributed by atoms with Gasteiger partial charge in [-0.05, 0) is 29.8 Å². The number of halogens is 2. The summed E-state index contributed by atoms with van der Waals surface area (Å²) in [6.45, 7) is 0. The number of Topliss-reactive ketones (excluding diaryl/α,β-unsaturated/α-hetero) is 1. The SMILES string of the molecule is O=C(c1ccccc1)[C@@H]1[C@@H]2C(=O)N(c3cc(Cl)cc(Cl)c3)C(=O)[C@@H]2[C@H]2C=Cc3ccccc3N21. The number of carbonyl (C=O) groups excluding carboxylic acids is 3. The summed E-state index contributed by atoms with van der Waals surface area (Å²) in [5, 5.41) is 0.648. The van der Waals surface area contributed by atoms with E-state index in [-0.39, 0.29) is 11.7 Å². The summed E-state index contributed by atoms with van der Waals surface area (Å²) in [5.74, 6) is -2.49. The second-order valence-corrected chi connectivity index (χ2v) is 9.55. The minimum Gasteiger partial charge on any atom is -0.352 e. The second-order valence-electron chi connectivity index (χ2n) is 8.68. The van der Waals surface area contributed by atoms with Gasteiger partial charge < -0.3 is 4.90 Å². The maximum absolute atomic E-state index is 13.9. The van der Waals surface area contributed by atoms with Crippen LogP contribution in [0, 0.1) is 11.8 Å². The maximum Gasteiger partial charge on any atom is 0.240 e. The highest BCUT2D eigenvalue weighted by atomic mass is 35.5. The van der Waals surface area contributed by atoms with Gasteiger partial charge in [-0.25, -0.2) is 4.90 Å². The summed E-state index contributed by atoms with van der Waals surface area (Å²) < 4.78 is 0. The van der Waals surface area contributed by atoms with E-state index in [1.54, 1.807) is 42.5 Å². The highest BCUT2D eigenvalue weighted by Crippen LogP contribution is 2.50. The van der Waals surface area contributed by atoms with Crippen molar-refractivity contribution in [3.63, 3.8) is 0 Å². The van der Waals surface area contributed by atoms with Crippen LogP contribution in [-0.2, 0) is 9.59 Å². The Morgan fingerprint density at radius 2 is 1.44 bits per heavy atom. The number of imide groups is 1. The van der Waals surface area contributed by atoms with E-state index in [9.17, 15) is 14.4 Å². The van der Waals surface area contributed by atoms with Crippen LogP contribution < -0.4 is 9.80 Å². The van der Waals surface area contributed by atoms with Gasteiger partial charge in [-0.1, -0.05) is 83.9 Å². The Labute approximate surface area is 206 Å². The average molecular weight is 489 g/mol. The Bertz CT molecular complexity index is 1370. The van der Waals surface area contributed by atoms with Crippen molar-refractivity contribution in [1.82, 2.24) is 0 Å². The van der Waals surface area contributed by atoms with Crippen molar-refractivity contribution in [3.05, 3.63) is 100 Å². The number of ketones is 1. The molecule has 2 saturated heterocycles. The minimum atomic E-state index is -0.834. The molecule has 2 amide bonds. The molecule has 5 nitrogen and oxygen atoms in total. The third-order valence-corrected chi connectivity index (χ3v) is 7.28. The molecule has 2 fully saturated rings. The molecule has 0 aliphatic carbocycles. The third-order valence-electron chi connectivity index (χ3n) is 6.85. The molecular weight excluding hydrogens is 471 g/mol. The molecule has 34 heavy (non-hydrogen) atoms. The number of carbonyl (C=O) groups is 3. The third kappa shape index (κ3) is 3.04. The summed E-state index contributed by atoms with van der Waals surface area (Å²) in [4.78, 5) is 44.5. The average Bonchev–Trinajstić information content (AvgIpc) is 3.31. The molecule has 3 aliphatic heterocycles. The van der Waals surface area contributed by atoms with Gasteiger partial charge in [0.25, 0.3) is 0 Å². The fraction of sp³-hybridized carbons (Fsp3) is 0.148. The molecular formula is C27H18Cl2N2O3. The quantitative estimate of drug-likeness (QED) is 0.372. The zero-order valence-electron chi connectivity index (χ0n) is 17.8. The van der Waals surface area contributed by atoms with E-state index < -0.39 is 29.8 Å². The van der Waals surface area contributed by atoms with Gasteiger partial charge in [-0.3, -0.25) is 14.4 Å². The van der Waals surface area contributed by atoms with Crippen molar-refractivity contribution < 1.29 is 14.4 Å². The lowest BCUT2D eigenvalue weighted by atomic mass is 9.86. The van der Waals surface area contributed by atoms with Crippen LogP contribution in [0.1, 0.15) is 15.9 Å². The smallest absolute Gasteiger partial charge is 0.240 e. The van der Waals surface area contributed by atoms with Crippen LogP contribution >= 0.6 is 23.2 Å². The topological polar surface area (TPSA) is 57.7 Å². The van der Waals surface area contributed by atoms with Crippen LogP contribution in [-0.4, -0.2) is 29.7 Å². The number of rotatable bonds is 3. The van der Waals surface area contributed by atoms with E-state index in [1.165, 1.54) is 0 Å². The molecule has 3 aromatic carbocycles. The van der Waals surface area contributed by atoms with Crippen molar-refractivity contribution in [1.29, 1.82) is 0 Å². The highest BCUT2D eigenvalue weighted by molar-refractivity contribution is 6.36. The number of amides is 2. The second kappa shape index (κ2) is 7.83. The number of anilines is 2. The lowest BCUT2D eigenvalue weighted by molar-refractivity contribution is -0.122. The number of nitrogens with zero attached hydrogens (tertiary/aromatic N) is 2. The summed E-state index contributed by atoms with van der Waals surface area (Å²) >= 11 is 12.3. The van der Waals surface area contributed by atoms with Crippen molar-refractivity contribution >= 4 is 58.3 Å². The molecule has 0 radical (unpaired) electrons. The molecule has 0 N–H and O–H groups in total. The van der Waals surface area contributed by atoms with Gasteiger partial charge in [-0.15, -0.1) is 0 Å². The summed E-state index contributed by atoms with van der Waals surface area (Å²) in [6.07, 6.45) is 3.89. The Morgan fingerprint density at radius 1 is 0.794 bits per heavy atom. The normalized spacial score (nSPS) is 24.8. The predicted octanol–water partition coefficient (Wildman–Crippen LogP) is 5.27. The Kier molecular flexibility index (Phi) is 4.87. The first-order valence-corrected chi connectivity index (χ1v) is 11.7. The van der Waals surface area contributed by atoms with E-state index in [0.29, 0.717) is 21.3 Å². The van der Waals surface area contributed by atoms with E-state index in [4.69, 9.17) is 23.2 Å². The molecule has 3 aromatic rings. The lowest BCUT2D eigenvalue weighted by Crippen LogP contribution is -2.48. The van der Waals surface area contributed by atoms with E-state index in [1.807, 2.05) is 47.4 Å². The number of hydrogen-bond acceptors (Lipinski definition) is 4. The van der Waals surface area contributed by atoms with Crippen LogP contribution in [0.5, 0.6) is 0 Å². The molecule has 0 aromatic heterocycles. The van der Waals surface area contributed by atoms with Gasteiger partial charge in [-0.2, -0.15) is 0 Å². The van der Waals surface area contributed by atoms with Crippen LogP contribution in [0.4, 0.5) is 11.4 Å². The zero-order valence-corrected chi connectivity index (χ0v) is 19.3. The molecule has 0 unspecified atom stereocenters. The summed E-state index contributed by atoms with van der Waals surface area (Å²) in [5.41, 5.74) is 2.61. The molecule has 168 valence electrons. The molecule has 7 heteroatoms. The molecule has 3 aliphatic rings. The number of benzene rings is 3. The lowest BCUT2D eigenvalue weighted by Gasteiger charge is -2.36. The number of hydrogen-bond donors (Lipinski definition) is 0. The Hall–Kier alpha value is -3.41. The van der Waals surface area contributed by atoms with Crippen molar-refractivity contribution in [3.8, 4) is 0 Å². The van der Waals surface area contributed by atoms with E-state index >= 15 is 0 Å². The Morgan fingerprint density at radius 3 is 2.18 bits per heavy atom. The fourth-order valence-electron chi connectivity index (χ4n) is 5.51. The van der Waals surface area contributed by atoms with Gasteiger partial charge in [0.2, 0.25) is 11.8 Å². The summed E-state index contributed by atoms with van der Waals surface area (Å²) in [6, 6.07) is 20.0. The molecule has 3 heterocycles. The van der Waals surface area contributed by atoms with Gasteiger partial charge >= 0.3 is 0 Å². The van der Waals surface area contributed by atoms with Gasteiger partial charge in [0, 0.05) is 21.3 Å². The molecule has 0 spiro atoms. The fourth-order valence-corrected chi connectivity index (χ4v) is 6.02. The minimum absolute atomic E-state index is 0.185. The summed E-state index contributed by atoms with van der Waals surface area (Å²) in [7, 11) is 0. The zero-order chi connectivity index (χ0) is 23.6. The van der Waals surface area contributed by atoms with Gasteiger partial charge in [0.15, 0.2) is 5.78 Å². The Balaban J connectivity index is 1.51. The van der Waals surface area contributed by atoms with Crippen LogP contribution in [0.25, 0.3) is 6.08 Å².